The molecule has 0 aliphatic heterocycles. The zero-order valence-corrected chi connectivity index (χ0v) is 19.1. The van der Waals surface area contributed by atoms with E-state index in [2.05, 4.69) is 10.9 Å². The summed E-state index contributed by atoms with van der Waals surface area (Å²) in [4.78, 5) is 33.9. The van der Waals surface area contributed by atoms with Gasteiger partial charge in [0.25, 0.3) is 5.70 Å². The van der Waals surface area contributed by atoms with Crippen LogP contribution in [0.2, 0.25) is 0 Å². The molecule has 0 heterocycles. The van der Waals surface area contributed by atoms with Gasteiger partial charge < -0.3 is 15.3 Å². The molecule has 0 saturated heterocycles. The molecule has 0 saturated carbocycles. The molecule has 0 aliphatic carbocycles. The predicted octanol–water partition coefficient (Wildman–Crippen LogP) is 3.81. The first kappa shape index (κ1) is 27.0. The zero-order valence-electron chi connectivity index (χ0n) is 17.5. The number of hydrogen-bond acceptors (Lipinski definition) is 9. The van der Waals surface area contributed by atoms with Crippen molar-refractivity contribution in [3.8, 4) is 5.75 Å². The Kier molecular flexibility index (Phi) is 13.3. The van der Waals surface area contributed by atoms with E-state index in [9.17, 15) is 24.8 Å². The van der Waals surface area contributed by atoms with Crippen LogP contribution in [-0.4, -0.2) is 40.6 Å². The maximum atomic E-state index is 12.0. The third kappa shape index (κ3) is 12.0. The highest BCUT2D eigenvalue weighted by Gasteiger charge is 2.14. The number of carbonyl (C=O) groups is 2. The number of rotatable bonds is 13. The standard InChI is InChI=1S/C20H26N4O6S2/c1-15(4-2-5-16-7-9-18(25)10-8-16)19(26)22-23-20(27)30-12-13-31-32-14-17(24(28)29)6-3-11-21/h3,6-11,14-15,21,25H,2,4-5,12-13H2,1H3,(H,22,26)(H,23,27)/b6-3-,17-14-,21-11?/t15-/m0/s1. The molecule has 174 valence electrons. The number of phenols is 1. The van der Waals surface area contributed by atoms with E-state index in [0.29, 0.717) is 12.2 Å². The molecule has 12 heteroatoms. The molecule has 2 amide bonds. The number of benzene rings is 1. The highest BCUT2D eigenvalue weighted by atomic mass is 33.1. The fourth-order valence-electron chi connectivity index (χ4n) is 2.27. The number of ether oxygens (including phenoxy) is 1. The second-order valence-corrected chi connectivity index (χ2v) is 8.81. The van der Waals surface area contributed by atoms with Crippen LogP contribution < -0.4 is 10.9 Å². The molecule has 1 aromatic rings. The maximum Gasteiger partial charge on any atom is 0.426 e. The van der Waals surface area contributed by atoms with Gasteiger partial charge in [0.15, 0.2) is 0 Å². The molecule has 0 bridgehead atoms. The van der Waals surface area contributed by atoms with Crippen LogP contribution in [0.4, 0.5) is 4.79 Å². The summed E-state index contributed by atoms with van der Waals surface area (Å²) in [6.07, 6.45) is 4.80. The molecule has 0 spiro atoms. The molecule has 0 aromatic heterocycles. The minimum Gasteiger partial charge on any atom is -0.508 e. The number of hydrogen-bond donors (Lipinski definition) is 4. The van der Waals surface area contributed by atoms with Gasteiger partial charge in [-0.25, -0.2) is 10.2 Å². The lowest BCUT2D eigenvalue weighted by atomic mass is 10.0. The van der Waals surface area contributed by atoms with E-state index in [1.54, 1.807) is 19.1 Å². The number of nitrogens with one attached hydrogen (secondary N) is 3. The van der Waals surface area contributed by atoms with Crippen LogP contribution in [0, 0.1) is 21.4 Å². The smallest absolute Gasteiger partial charge is 0.426 e. The number of carbonyl (C=O) groups excluding carboxylic acids is 2. The van der Waals surface area contributed by atoms with Crippen molar-refractivity contribution >= 4 is 39.8 Å². The number of allylic oxidation sites excluding steroid dienone is 2. The van der Waals surface area contributed by atoms with Gasteiger partial charge in [0.2, 0.25) is 5.91 Å². The van der Waals surface area contributed by atoms with Crippen molar-refractivity contribution in [2.75, 3.05) is 12.4 Å². The van der Waals surface area contributed by atoms with Crippen molar-refractivity contribution in [1.82, 2.24) is 10.9 Å². The number of amides is 2. The third-order valence-electron chi connectivity index (χ3n) is 3.99. The van der Waals surface area contributed by atoms with Gasteiger partial charge in [-0.15, -0.1) is 0 Å². The Morgan fingerprint density at radius 1 is 1.31 bits per heavy atom. The molecule has 1 aromatic carbocycles. The van der Waals surface area contributed by atoms with Crippen molar-refractivity contribution in [3.63, 3.8) is 0 Å². The summed E-state index contributed by atoms with van der Waals surface area (Å²) in [6.45, 7) is 1.82. The average Bonchev–Trinajstić information content (AvgIpc) is 2.77. The molecule has 10 nitrogen and oxygen atoms in total. The number of aryl methyl sites for hydroxylation is 1. The molecule has 0 radical (unpaired) electrons. The van der Waals surface area contributed by atoms with E-state index in [4.69, 9.17) is 10.1 Å². The molecule has 32 heavy (non-hydrogen) atoms. The summed E-state index contributed by atoms with van der Waals surface area (Å²) in [5.41, 5.74) is 5.43. The highest BCUT2D eigenvalue weighted by molar-refractivity contribution is 8.77. The Bertz CT molecular complexity index is 830. The van der Waals surface area contributed by atoms with Crippen LogP contribution in [0.5, 0.6) is 5.75 Å². The van der Waals surface area contributed by atoms with Crippen molar-refractivity contribution in [1.29, 1.82) is 5.41 Å². The van der Waals surface area contributed by atoms with E-state index in [1.807, 2.05) is 12.1 Å². The Morgan fingerprint density at radius 2 is 2.03 bits per heavy atom. The number of nitrogens with zero attached hydrogens (tertiary/aromatic N) is 1. The molecule has 1 rings (SSSR count). The van der Waals surface area contributed by atoms with Crippen LogP contribution in [0.1, 0.15) is 25.3 Å². The van der Waals surface area contributed by atoms with E-state index in [0.717, 1.165) is 35.4 Å². The number of phenolic OH excluding ortho intramolecular Hbond substituents is 1. The normalized spacial score (nSPS) is 12.2. The van der Waals surface area contributed by atoms with Gasteiger partial charge in [-0.1, -0.05) is 40.6 Å². The van der Waals surface area contributed by atoms with Crippen LogP contribution in [0.25, 0.3) is 0 Å². The Morgan fingerprint density at radius 3 is 2.69 bits per heavy atom. The lowest BCUT2D eigenvalue weighted by Crippen LogP contribution is -2.44. The molecule has 0 fully saturated rings. The van der Waals surface area contributed by atoms with Crippen LogP contribution >= 0.6 is 21.6 Å². The summed E-state index contributed by atoms with van der Waals surface area (Å²) in [5, 5.41) is 28.2. The Hall–Kier alpha value is -2.99. The maximum absolute atomic E-state index is 12.0. The van der Waals surface area contributed by atoms with Crippen molar-refractivity contribution in [3.05, 3.63) is 63.2 Å². The van der Waals surface area contributed by atoms with Crippen LogP contribution in [0.3, 0.4) is 0 Å². The monoisotopic (exact) mass is 482 g/mol. The van der Waals surface area contributed by atoms with Gasteiger partial charge in [-0.05, 0) is 43.0 Å². The van der Waals surface area contributed by atoms with Gasteiger partial charge in [-0.3, -0.25) is 20.3 Å². The topological polar surface area (TPSA) is 155 Å². The second-order valence-electron chi connectivity index (χ2n) is 6.45. The molecule has 1 atom stereocenters. The molecule has 0 aliphatic rings. The molecule has 4 N–H and O–H groups in total. The second kappa shape index (κ2) is 15.8. The first-order valence-corrected chi connectivity index (χ1v) is 12.0. The minimum atomic E-state index is -0.796. The van der Waals surface area contributed by atoms with Gasteiger partial charge in [0, 0.05) is 24.0 Å². The van der Waals surface area contributed by atoms with Crippen molar-refractivity contribution in [2.45, 2.75) is 26.2 Å². The van der Waals surface area contributed by atoms with E-state index in [1.165, 1.54) is 28.4 Å². The van der Waals surface area contributed by atoms with Gasteiger partial charge >= 0.3 is 6.09 Å². The fourth-order valence-corrected chi connectivity index (χ4v) is 3.84. The van der Waals surface area contributed by atoms with E-state index in [-0.39, 0.29) is 29.9 Å². The molecule has 0 unspecified atom stereocenters. The lowest BCUT2D eigenvalue weighted by molar-refractivity contribution is -0.418. The predicted molar refractivity (Wildman–Crippen MR) is 126 cm³/mol. The zero-order chi connectivity index (χ0) is 23.8. The molecular weight excluding hydrogens is 456 g/mol. The molecular formula is C20H26N4O6S2. The summed E-state index contributed by atoms with van der Waals surface area (Å²) >= 11 is 0. The SMILES string of the molecule is C[C@@H](CCCc1ccc(O)cc1)C(=O)NNC(=O)OCCSS/C=C(/C=C\C=N)[N+](=O)[O-]. The van der Waals surface area contributed by atoms with Gasteiger partial charge in [-0.2, -0.15) is 0 Å². The Labute approximate surface area is 193 Å². The summed E-state index contributed by atoms with van der Waals surface area (Å²) in [6, 6.07) is 6.91. The van der Waals surface area contributed by atoms with Crippen LogP contribution in [-0.2, 0) is 16.0 Å². The van der Waals surface area contributed by atoms with E-state index < -0.39 is 11.0 Å². The lowest BCUT2D eigenvalue weighted by Gasteiger charge is -2.13. The first-order chi connectivity index (χ1) is 15.3. The number of aromatic hydroxyl groups is 1. The van der Waals surface area contributed by atoms with Gasteiger partial charge in [0.05, 0.1) is 10.3 Å². The summed E-state index contributed by atoms with van der Waals surface area (Å²) in [5.74, 6) is -0.0305. The van der Waals surface area contributed by atoms with E-state index >= 15 is 0 Å². The van der Waals surface area contributed by atoms with Gasteiger partial charge in [0.1, 0.15) is 12.4 Å². The number of nitro groups is 1. The largest absolute Gasteiger partial charge is 0.508 e. The quantitative estimate of drug-likeness (QED) is 0.0826. The first-order valence-electron chi connectivity index (χ1n) is 9.64. The Balaban J connectivity index is 2.16. The highest BCUT2D eigenvalue weighted by Crippen LogP contribution is 2.24. The summed E-state index contributed by atoms with van der Waals surface area (Å²) in [7, 11) is 2.36. The third-order valence-corrected chi connectivity index (χ3v) is 5.99. The van der Waals surface area contributed by atoms with Crippen molar-refractivity contribution < 1.29 is 24.4 Å². The number of hydrazine groups is 1. The average molecular weight is 483 g/mol. The minimum absolute atomic E-state index is 0.0551. The fraction of sp³-hybridized carbons (Fsp3) is 0.350. The summed E-state index contributed by atoms with van der Waals surface area (Å²) < 4.78 is 4.92. The van der Waals surface area contributed by atoms with Crippen LogP contribution in [0.15, 0.2) is 47.5 Å². The van der Waals surface area contributed by atoms with Crippen molar-refractivity contribution in [2.24, 2.45) is 5.92 Å².